The maximum absolute atomic E-state index is 12.7. The average Bonchev–Trinajstić information content (AvgIpc) is 3.52. The van der Waals surface area contributed by atoms with E-state index in [2.05, 4.69) is 72.2 Å². The van der Waals surface area contributed by atoms with Gasteiger partial charge in [-0.15, -0.1) is 0 Å². The van der Waals surface area contributed by atoms with Gasteiger partial charge in [0.05, 0.1) is 17.9 Å². The SMILES string of the molecule is CC(C)c1ccc([C@](O)(c2cncc(-c3cc(CN4CCN(C5CC5)C4=O)[nH]n3)c2)C2(C)CN(C)C2)cc1. The minimum Gasteiger partial charge on any atom is -0.380 e. The van der Waals surface area contributed by atoms with Crippen molar-refractivity contribution in [2.75, 3.05) is 33.2 Å². The summed E-state index contributed by atoms with van der Waals surface area (Å²) >= 11 is 0. The topological polar surface area (TPSA) is 88.6 Å². The van der Waals surface area contributed by atoms with E-state index in [1.165, 1.54) is 5.56 Å². The van der Waals surface area contributed by atoms with Crippen molar-refractivity contribution in [2.24, 2.45) is 5.41 Å². The van der Waals surface area contributed by atoms with Crippen LogP contribution < -0.4 is 0 Å². The molecule has 0 bridgehead atoms. The number of hydrogen-bond acceptors (Lipinski definition) is 5. The average molecular weight is 515 g/mol. The number of aliphatic hydroxyl groups is 1. The Morgan fingerprint density at radius 2 is 1.84 bits per heavy atom. The van der Waals surface area contributed by atoms with E-state index in [0.29, 0.717) is 18.5 Å². The number of nitrogens with one attached hydrogen (secondary N) is 1. The standard InChI is InChI=1S/C30H38N6O2/c1-20(2)21-5-7-23(8-6-21)30(38,29(3)18-34(4)19-29)24-13-22(15-31-16-24)27-14-25(32-33-27)17-35-11-12-36(28(35)37)26-9-10-26/h5-8,13-16,20,26,38H,9-12,17-19H2,1-4H3,(H,32,33)/t30-/m0/s1. The third kappa shape index (κ3) is 4.20. The fraction of sp³-hybridized carbons (Fsp3) is 0.500. The molecule has 1 aliphatic carbocycles. The van der Waals surface area contributed by atoms with E-state index in [1.54, 1.807) is 12.4 Å². The fourth-order valence-electron chi connectivity index (χ4n) is 6.39. The van der Waals surface area contributed by atoms with E-state index in [9.17, 15) is 9.90 Å². The number of urea groups is 1. The van der Waals surface area contributed by atoms with Crippen LogP contribution in [-0.2, 0) is 12.1 Å². The van der Waals surface area contributed by atoms with Crippen molar-refractivity contribution in [3.8, 4) is 11.3 Å². The first-order valence-electron chi connectivity index (χ1n) is 13.7. The molecule has 8 heteroatoms. The number of aromatic amines is 1. The van der Waals surface area contributed by atoms with Crippen LogP contribution in [0.4, 0.5) is 4.79 Å². The minimum absolute atomic E-state index is 0.125. The highest BCUT2D eigenvalue weighted by atomic mass is 16.3. The smallest absolute Gasteiger partial charge is 0.320 e. The van der Waals surface area contributed by atoms with Crippen LogP contribution in [0.25, 0.3) is 11.3 Å². The van der Waals surface area contributed by atoms with Crippen molar-refractivity contribution in [2.45, 2.75) is 57.7 Å². The molecule has 0 spiro atoms. The lowest BCUT2D eigenvalue weighted by Gasteiger charge is -2.55. The molecule has 3 fully saturated rings. The van der Waals surface area contributed by atoms with Crippen LogP contribution in [-0.4, -0.2) is 80.3 Å². The summed E-state index contributed by atoms with van der Waals surface area (Å²) in [6.45, 7) is 10.1. The number of rotatable bonds is 8. The lowest BCUT2D eigenvalue weighted by atomic mass is 9.62. The highest BCUT2D eigenvalue weighted by Gasteiger charge is 2.55. The highest BCUT2D eigenvalue weighted by molar-refractivity contribution is 5.77. The number of likely N-dealkylation sites (tertiary alicyclic amines) is 1. The van der Waals surface area contributed by atoms with Gasteiger partial charge in [-0.2, -0.15) is 5.10 Å². The van der Waals surface area contributed by atoms with Crippen LogP contribution in [0.5, 0.6) is 0 Å². The van der Waals surface area contributed by atoms with Gasteiger partial charge < -0.3 is 19.8 Å². The van der Waals surface area contributed by atoms with Crippen LogP contribution in [0.2, 0.25) is 0 Å². The van der Waals surface area contributed by atoms with Gasteiger partial charge in [0.1, 0.15) is 5.60 Å². The Hall–Kier alpha value is -3.23. The summed E-state index contributed by atoms with van der Waals surface area (Å²) in [6.07, 6.45) is 5.82. The van der Waals surface area contributed by atoms with E-state index in [4.69, 9.17) is 0 Å². The molecule has 2 amide bonds. The predicted molar refractivity (Wildman–Crippen MR) is 146 cm³/mol. The van der Waals surface area contributed by atoms with Crippen molar-refractivity contribution in [1.29, 1.82) is 0 Å². The first-order valence-corrected chi connectivity index (χ1v) is 13.7. The quantitative estimate of drug-likeness (QED) is 0.471. The molecule has 3 aromatic rings. The zero-order chi connectivity index (χ0) is 26.7. The van der Waals surface area contributed by atoms with Gasteiger partial charge in [0.15, 0.2) is 0 Å². The lowest BCUT2D eigenvalue weighted by molar-refractivity contribution is -0.127. The molecule has 8 nitrogen and oxygen atoms in total. The Bertz CT molecular complexity index is 1320. The van der Waals surface area contributed by atoms with Crippen LogP contribution >= 0.6 is 0 Å². The van der Waals surface area contributed by atoms with Gasteiger partial charge in [0.25, 0.3) is 0 Å². The van der Waals surface area contributed by atoms with Crippen molar-refractivity contribution in [3.63, 3.8) is 0 Å². The molecule has 0 radical (unpaired) electrons. The molecule has 4 heterocycles. The minimum atomic E-state index is -1.20. The second kappa shape index (κ2) is 9.20. The molecule has 1 aromatic carbocycles. The lowest BCUT2D eigenvalue weighted by Crippen LogP contribution is -2.63. The van der Waals surface area contributed by atoms with Gasteiger partial charge in [-0.1, -0.05) is 45.0 Å². The molecule has 0 unspecified atom stereocenters. The van der Waals surface area contributed by atoms with Gasteiger partial charge in [0.2, 0.25) is 0 Å². The molecule has 38 heavy (non-hydrogen) atoms. The van der Waals surface area contributed by atoms with Crippen LogP contribution in [0, 0.1) is 5.41 Å². The van der Waals surface area contributed by atoms with E-state index >= 15 is 0 Å². The van der Waals surface area contributed by atoms with Crippen LogP contribution in [0.3, 0.4) is 0 Å². The van der Waals surface area contributed by atoms with Crippen LogP contribution in [0.15, 0.2) is 48.8 Å². The van der Waals surface area contributed by atoms with Gasteiger partial charge >= 0.3 is 6.03 Å². The molecule has 2 aliphatic heterocycles. The van der Waals surface area contributed by atoms with E-state index in [-0.39, 0.29) is 11.4 Å². The Kier molecular flexibility index (Phi) is 6.07. The number of carbonyl (C=O) groups is 1. The number of nitrogens with zero attached hydrogens (tertiary/aromatic N) is 5. The molecule has 2 saturated heterocycles. The monoisotopic (exact) mass is 514 g/mol. The van der Waals surface area contributed by atoms with Crippen molar-refractivity contribution in [1.82, 2.24) is 29.9 Å². The summed E-state index contributed by atoms with van der Waals surface area (Å²) < 4.78 is 0. The van der Waals surface area contributed by atoms with Crippen LogP contribution in [0.1, 0.15) is 61.9 Å². The highest BCUT2D eigenvalue weighted by Crippen LogP contribution is 2.50. The maximum atomic E-state index is 12.7. The number of aromatic nitrogens is 3. The van der Waals surface area contributed by atoms with Gasteiger partial charge in [-0.25, -0.2) is 4.79 Å². The van der Waals surface area contributed by atoms with Crippen molar-refractivity contribution < 1.29 is 9.90 Å². The number of amides is 2. The third-order valence-electron chi connectivity index (χ3n) is 8.66. The Morgan fingerprint density at radius 3 is 2.50 bits per heavy atom. The second-order valence-corrected chi connectivity index (χ2v) is 12.1. The van der Waals surface area contributed by atoms with E-state index in [1.807, 2.05) is 21.9 Å². The van der Waals surface area contributed by atoms with Gasteiger partial charge in [0, 0.05) is 61.2 Å². The Balaban J connectivity index is 1.29. The zero-order valence-corrected chi connectivity index (χ0v) is 22.8. The Labute approximate surface area is 224 Å². The number of H-pyrrole nitrogens is 1. The molecule has 200 valence electrons. The molecule has 6 rings (SSSR count). The molecule has 2 aromatic heterocycles. The predicted octanol–water partition coefficient (Wildman–Crippen LogP) is 4.18. The molecule has 3 aliphatic rings. The largest absolute Gasteiger partial charge is 0.380 e. The summed E-state index contributed by atoms with van der Waals surface area (Å²) in [7, 11) is 2.08. The van der Waals surface area contributed by atoms with E-state index < -0.39 is 5.60 Å². The van der Waals surface area contributed by atoms with Crippen molar-refractivity contribution >= 4 is 6.03 Å². The first-order chi connectivity index (χ1) is 18.2. The number of hydrogen-bond donors (Lipinski definition) is 2. The summed E-state index contributed by atoms with van der Waals surface area (Å²) in [4.78, 5) is 23.4. The fourth-order valence-corrected chi connectivity index (χ4v) is 6.39. The molecule has 1 atom stereocenters. The van der Waals surface area contributed by atoms with E-state index in [0.717, 1.165) is 67.1 Å². The number of pyridine rings is 1. The van der Waals surface area contributed by atoms with Crippen molar-refractivity contribution in [3.05, 3.63) is 71.2 Å². The summed E-state index contributed by atoms with van der Waals surface area (Å²) in [5, 5.41) is 20.2. The first kappa shape index (κ1) is 25.1. The molecular formula is C30H38N6O2. The van der Waals surface area contributed by atoms with Gasteiger partial charge in [-0.05, 0) is 49.1 Å². The number of carbonyl (C=O) groups excluding carboxylic acids is 1. The summed E-state index contributed by atoms with van der Waals surface area (Å²) in [6, 6.07) is 12.9. The molecule has 1 saturated carbocycles. The third-order valence-corrected chi connectivity index (χ3v) is 8.66. The summed E-state index contributed by atoms with van der Waals surface area (Å²) in [5.41, 5.74) is 3.82. The van der Waals surface area contributed by atoms with Gasteiger partial charge in [-0.3, -0.25) is 10.1 Å². The zero-order valence-electron chi connectivity index (χ0n) is 22.8. The molecule has 2 N–H and O–H groups in total. The molecular weight excluding hydrogens is 476 g/mol. The summed E-state index contributed by atoms with van der Waals surface area (Å²) in [5.74, 6) is 0.425. The number of benzene rings is 1. The normalized spacial score (nSPS) is 21.2. The maximum Gasteiger partial charge on any atom is 0.320 e. The second-order valence-electron chi connectivity index (χ2n) is 12.1. The Morgan fingerprint density at radius 1 is 1.11 bits per heavy atom.